The van der Waals surface area contributed by atoms with Gasteiger partial charge in [0, 0.05) is 12.2 Å². The number of carbonyl (C=O) groups is 1. The summed E-state index contributed by atoms with van der Waals surface area (Å²) in [6.07, 6.45) is 3.21. The minimum atomic E-state index is -0.0251. The first kappa shape index (κ1) is 13.0. The molecule has 1 saturated heterocycles. The van der Waals surface area contributed by atoms with Crippen LogP contribution in [-0.4, -0.2) is 31.6 Å². The number of hydrogen-bond donors (Lipinski definition) is 3. The number of allylic oxidation sites excluding steroid dienone is 1. The standard InChI is InChI=1S/C11H21N3O2/c1-9(2)14-16-8-7-13-11(15)10-5-3-4-6-12-10/h10,12,14H,1,3-8H2,2H3,(H,13,15)/t10-/m0/s1. The van der Waals surface area contributed by atoms with Crippen LogP contribution in [0.2, 0.25) is 0 Å². The molecule has 1 aliphatic rings. The predicted octanol–water partition coefficient (Wildman–Crippen LogP) is 0.299. The molecule has 16 heavy (non-hydrogen) atoms. The van der Waals surface area contributed by atoms with Crippen molar-refractivity contribution in [1.29, 1.82) is 0 Å². The van der Waals surface area contributed by atoms with E-state index in [9.17, 15) is 4.79 Å². The number of amides is 1. The second-order valence-corrected chi connectivity index (χ2v) is 4.02. The summed E-state index contributed by atoms with van der Waals surface area (Å²) in [5, 5.41) is 6.03. The van der Waals surface area contributed by atoms with Gasteiger partial charge in [-0.3, -0.25) is 15.1 Å². The normalized spacial score (nSPS) is 20.2. The lowest BCUT2D eigenvalue weighted by Gasteiger charge is -2.22. The monoisotopic (exact) mass is 227 g/mol. The predicted molar refractivity (Wildman–Crippen MR) is 62.6 cm³/mol. The molecule has 0 saturated carbocycles. The smallest absolute Gasteiger partial charge is 0.237 e. The first-order chi connectivity index (χ1) is 7.70. The van der Waals surface area contributed by atoms with Gasteiger partial charge in [-0.05, 0) is 26.3 Å². The molecule has 1 rings (SSSR count). The van der Waals surface area contributed by atoms with Crippen LogP contribution in [0.5, 0.6) is 0 Å². The molecule has 5 heteroatoms. The second kappa shape index (κ2) is 7.24. The van der Waals surface area contributed by atoms with Crippen molar-refractivity contribution in [2.75, 3.05) is 19.7 Å². The van der Waals surface area contributed by atoms with Crippen LogP contribution in [0.15, 0.2) is 12.3 Å². The molecular formula is C11H21N3O2. The van der Waals surface area contributed by atoms with Gasteiger partial charge in [-0.2, -0.15) is 0 Å². The average molecular weight is 227 g/mol. The van der Waals surface area contributed by atoms with Crippen molar-refractivity contribution in [2.24, 2.45) is 0 Å². The largest absolute Gasteiger partial charge is 0.352 e. The molecule has 92 valence electrons. The Morgan fingerprint density at radius 1 is 1.56 bits per heavy atom. The van der Waals surface area contributed by atoms with E-state index >= 15 is 0 Å². The fraction of sp³-hybridized carbons (Fsp3) is 0.727. The Bertz CT molecular complexity index is 237. The second-order valence-electron chi connectivity index (χ2n) is 4.02. The highest BCUT2D eigenvalue weighted by Gasteiger charge is 2.19. The van der Waals surface area contributed by atoms with E-state index in [0.717, 1.165) is 31.5 Å². The van der Waals surface area contributed by atoms with Crippen molar-refractivity contribution >= 4 is 5.91 Å². The van der Waals surface area contributed by atoms with Crippen LogP contribution in [0.4, 0.5) is 0 Å². The van der Waals surface area contributed by atoms with Gasteiger partial charge in [-0.15, -0.1) is 0 Å². The molecule has 0 spiro atoms. The maximum atomic E-state index is 11.6. The van der Waals surface area contributed by atoms with Crippen molar-refractivity contribution in [1.82, 2.24) is 16.1 Å². The summed E-state index contributed by atoms with van der Waals surface area (Å²) in [6.45, 7) is 7.32. The van der Waals surface area contributed by atoms with Crippen molar-refractivity contribution in [3.05, 3.63) is 12.3 Å². The van der Waals surface area contributed by atoms with Gasteiger partial charge < -0.3 is 10.6 Å². The minimum absolute atomic E-state index is 0.0251. The van der Waals surface area contributed by atoms with Gasteiger partial charge in [0.2, 0.25) is 5.91 Å². The molecule has 3 N–H and O–H groups in total. The quantitative estimate of drug-likeness (QED) is 0.451. The third-order valence-corrected chi connectivity index (χ3v) is 2.38. The topological polar surface area (TPSA) is 62.4 Å². The van der Waals surface area contributed by atoms with E-state index < -0.39 is 0 Å². The number of rotatable bonds is 6. The maximum Gasteiger partial charge on any atom is 0.237 e. The van der Waals surface area contributed by atoms with E-state index in [1.54, 1.807) is 0 Å². The summed E-state index contributed by atoms with van der Waals surface area (Å²) >= 11 is 0. The van der Waals surface area contributed by atoms with Gasteiger partial charge in [0.15, 0.2) is 0 Å². The summed E-state index contributed by atoms with van der Waals surface area (Å²) in [5.41, 5.74) is 3.39. The third-order valence-electron chi connectivity index (χ3n) is 2.38. The summed E-state index contributed by atoms with van der Waals surface area (Å²) < 4.78 is 0. The van der Waals surface area contributed by atoms with Crippen molar-refractivity contribution in [3.8, 4) is 0 Å². The molecule has 5 nitrogen and oxygen atoms in total. The average Bonchev–Trinajstić information content (AvgIpc) is 2.29. The molecule has 1 amide bonds. The van der Waals surface area contributed by atoms with Gasteiger partial charge >= 0.3 is 0 Å². The fourth-order valence-electron chi connectivity index (χ4n) is 1.60. The molecule has 0 bridgehead atoms. The molecule has 0 aliphatic carbocycles. The number of hydrogen-bond acceptors (Lipinski definition) is 4. The van der Waals surface area contributed by atoms with Crippen LogP contribution in [-0.2, 0) is 9.63 Å². The zero-order valence-corrected chi connectivity index (χ0v) is 9.84. The number of hydroxylamine groups is 1. The summed E-state index contributed by atoms with van der Waals surface area (Å²) in [6, 6.07) is -0.0251. The summed E-state index contributed by atoms with van der Waals surface area (Å²) in [4.78, 5) is 16.7. The lowest BCUT2D eigenvalue weighted by Crippen LogP contribution is -2.47. The Hall–Kier alpha value is -1.07. The van der Waals surface area contributed by atoms with E-state index in [1.165, 1.54) is 0 Å². The highest BCUT2D eigenvalue weighted by atomic mass is 16.6. The van der Waals surface area contributed by atoms with E-state index in [2.05, 4.69) is 22.7 Å². The number of nitrogens with one attached hydrogen (secondary N) is 3. The van der Waals surface area contributed by atoms with E-state index in [1.807, 2.05) is 6.92 Å². The molecule has 0 aromatic carbocycles. The summed E-state index contributed by atoms with van der Waals surface area (Å²) in [7, 11) is 0. The highest BCUT2D eigenvalue weighted by molar-refractivity contribution is 5.81. The van der Waals surface area contributed by atoms with Crippen LogP contribution in [0, 0.1) is 0 Å². The van der Waals surface area contributed by atoms with Crippen LogP contribution < -0.4 is 16.1 Å². The lowest BCUT2D eigenvalue weighted by molar-refractivity contribution is -0.124. The summed E-state index contributed by atoms with van der Waals surface area (Å²) in [5.74, 6) is 0.0682. The molecule has 0 radical (unpaired) electrons. The minimum Gasteiger partial charge on any atom is -0.352 e. The van der Waals surface area contributed by atoms with Crippen LogP contribution >= 0.6 is 0 Å². The Balaban J connectivity index is 2.03. The Morgan fingerprint density at radius 3 is 3.00 bits per heavy atom. The van der Waals surface area contributed by atoms with Crippen LogP contribution in [0.1, 0.15) is 26.2 Å². The van der Waals surface area contributed by atoms with Gasteiger partial charge in [0.05, 0.1) is 12.6 Å². The maximum absolute atomic E-state index is 11.6. The molecule has 1 aliphatic heterocycles. The van der Waals surface area contributed by atoms with E-state index in [4.69, 9.17) is 4.84 Å². The molecule has 1 atom stereocenters. The fourth-order valence-corrected chi connectivity index (χ4v) is 1.60. The third kappa shape index (κ3) is 5.14. The zero-order valence-electron chi connectivity index (χ0n) is 9.84. The SMILES string of the molecule is C=C(C)NOCCNC(=O)[C@@H]1CCCCN1. The van der Waals surface area contributed by atoms with Gasteiger partial charge in [0.25, 0.3) is 0 Å². The first-order valence-electron chi connectivity index (χ1n) is 5.74. The lowest BCUT2D eigenvalue weighted by atomic mass is 10.0. The van der Waals surface area contributed by atoms with E-state index in [-0.39, 0.29) is 11.9 Å². The number of carbonyl (C=O) groups excluding carboxylic acids is 1. The Labute approximate surface area is 96.6 Å². The van der Waals surface area contributed by atoms with Gasteiger partial charge in [0.1, 0.15) is 0 Å². The van der Waals surface area contributed by atoms with Gasteiger partial charge in [-0.25, -0.2) is 0 Å². The molecule has 0 aromatic heterocycles. The Kier molecular flexibility index (Phi) is 5.88. The first-order valence-corrected chi connectivity index (χ1v) is 5.74. The molecule has 0 unspecified atom stereocenters. The van der Waals surface area contributed by atoms with Crippen molar-refractivity contribution in [2.45, 2.75) is 32.2 Å². The molecule has 0 aromatic rings. The Morgan fingerprint density at radius 2 is 2.38 bits per heavy atom. The highest BCUT2D eigenvalue weighted by Crippen LogP contribution is 2.06. The molecule has 1 fully saturated rings. The van der Waals surface area contributed by atoms with E-state index in [0.29, 0.717) is 13.2 Å². The van der Waals surface area contributed by atoms with Crippen LogP contribution in [0.3, 0.4) is 0 Å². The number of piperidine rings is 1. The van der Waals surface area contributed by atoms with Crippen LogP contribution in [0.25, 0.3) is 0 Å². The molecular weight excluding hydrogens is 206 g/mol. The molecule has 1 heterocycles. The van der Waals surface area contributed by atoms with Crippen molar-refractivity contribution < 1.29 is 9.63 Å². The van der Waals surface area contributed by atoms with Gasteiger partial charge in [-0.1, -0.05) is 13.0 Å². The zero-order chi connectivity index (χ0) is 11.8. The van der Waals surface area contributed by atoms with Crippen molar-refractivity contribution in [3.63, 3.8) is 0 Å².